The SMILES string of the molecule is O=C([O-])c1c(Cl)c(Cl)c(Cl)c(Cl)c1Cl.O=C([O-])c1c(Cl)c(Cl)c(Cl)c(Cl)c1Cl.[Zn+2]. The molecule has 152 valence electrons. The first-order valence-corrected chi connectivity index (χ1v) is 9.99. The van der Waals surface area contributed by atoms with Crippen LogP contribution in [0.3, 0.4) is 0 Å². The minimum Gasteiger partial charge on any atom is -0.545 e. The fourth-order valence-corrected chi connectivity index (χ4v) is 4.15. The van der Waals surface area contributed by atoms with Crippen molar-refractivity contribution < 1.29 is 39.3 Å². The molecule has 0 atom stereocenters. The summed E-state index contributed by atoms with van der Waals surface area (Å²) in [7, 11) is 0. The molecule has 0 aliphatic rings. The van der Waals surface area contributed by atoms with Gasteiger partial charge in [0.25, 0.3) is 0 Å². The van der Waals surface area contributed by atoms with Crippen molar-refractivity contribution in [2.24, 2.45) is 0 Å². The first-order chi connectivity index (χ1) is 12.7. The molecule has 29 heavy (non-hydrogen) atoms. The second-order valence-corrected chi connectivity index (χ2v) is 8.24. The molecule has 0 N–H and O–H groups in total. The third kappa shape index (κ3) is 6.46. The van der Waals surface area contributed by atoms with Crippen LogP contribution in [0.5, 0.6) is 0 Å². The third-order valence-corrected chi connectivity index (χ3v) is 7.38. The van der Waals surface area contributed by atoms with Gasteiger partial charge in [0.05, 0.1) is 62.2 Å². The van der Waals surface area contributed by atoms with E-state index in [2.05, 4.69) is 0 Å². The van der Waals surface area contributed by atoms with Crippen LogP contribution in [-0.4, -0.2) is 11.9 Å². The maximum atomic E-state index is 10.6. The van der Waals surface area contributed by atoms with Crippen molar-refractivity contribution in [2.75, 3.05) is 0 Å². The molecule has 0 fully saturated rings. The molecule has 0 spiro atoms. The average molecular weight is 652 g/mol. The molecule has 4 nitrogen and oxygen atoms in total. The standard InChI is InChI=1S/2C7HCl5O2.Zn/c2*8-2-1(7(13)14)3(9)5(11)6(12)4(2)10;/h2*(H,13,14);/q;;+2/p-2. The average Bonchev–Trinajstić information content (AvgIpc) is 2.61. The van der Waals surface area contributed by atoms with Gasteiger partial charge in [0.1, 0.15) is 0 Å². The molecule has 0 saturated heterocycles. The van der Waals surface area contributed by atoms with E-state index in [1.807, 2.05) is 0 Å². The molecule has 2 rings (SSSR count). The summed E-state index contributed by atoms with van der Waals surface area (Å²) in [5.74, 6) is -3.14. The quantitative estimate of drug-likeness (QED) is 0.207. The van der Waals surface area contributed by atoms with E-state index < -0.39 is 23.1 Å². The Balaban J connectivity index is 0.000000523. The maximum Gasteiger partial charge on any atom is 2.00 e. The number of hydrogen-bond donors (Lipinski definition) is 0. The predicted molar refractivity (Wildman–Crippen MR) is 112 cm³/mol. The second-order valence-electron chi connectivity index (χ2n) is 4.46. The van der Waals surface area contributed by atoms with Gasteiger partial charge < -0.3 is 19.8 Å². The van der Waals surface area contributed by atoms with E-state index >= 15 is 0 Å². The molecule has 0 amide bonds. The van der Waals surface area contributed by atoms with E-state index in [-0.39, 0.29) is 69.7 Å². The first-order valence-electron chi connectivity index (χ1n) is 6.21. The Morgan fingerprint density at radius 2 is 0.552 bits per heavy atom. The summed E-state index contributed by atoms with van der Waals surface area (Å²) >= 11 is 56.0. The summed E-state index contributed by atoms with van der Waals surface area (Å²) in [4.78, 5) is 21.2. The molecule has 15 heteroatoms. The van der Waals surface area contributed by atoms with Crippen LogP contribution in [0.4, 0.5) is 0 Å². The van der Waals surface area contributed by atoms with Crippen molar-refractivity contribution in [1.29, 1.82) is 0 Å². The number of halogens is 10. The first kappa shape index (κ1) is 29.9. The van der Waals surface area contributed by atoms with E-state index in [4.69, 9.17) is 116 Å². The van der Waals surface area contributed by atoms with Crippen molar-refractivity contribution in [1.82, 2.24) is 0 Å². The van der Waals surface area contributed by atoms with Crippen LogP contribution >= 0.6 is 116 Å². The smallest absolute Gasteiger partial charge is 0.545 e. The van der Waals surface area contributed by atoms with E-state index in [1.165, 1.54) is 0 Å². The molecular formula is C14Cl10O4Zn. The predicted octanol–water partition coefficient (Wildman–Crippen LogP) is 6.63. The van der Waals surface area contributed by atoms with Crippen molar-refractivity contribution in [3.8, 4) is 0 Å². The van der Waals surface area contributed by atoms with Crippen LogP contribution in [0.2, 0.25) is 50.2 Å². The molecule has 0 heterocycles. The van der Waals surface area contributed by atoms with Gasteiger partial charge in [-0.15, -0.1) is 0 Å². The molecule has 2 aromatic rings. The zero-order chi connectivity index (χ0) is 22.1. The third-order valence-electron chi connectivity index (χ3n) is 2.83. The number of benzene rings is 2. The van der Waals surface area contributed by atoms with E-state index in [9.17, 15) is 19.8 Å². The molecular weight excluding hydrogens is 652 g/mol. The van der Waals surface area contributed by atoms with Gasteiger partial charge in [-0.2, -0.15) is 0 Å². The van der Waals surface area contributed by atoms with Crippen LogP contribution in [0.1, 0.15) is 20.7 Å². The topological polar surface area (TPSA) is 80.3 Å². The molecule has 0 unspecified atom stereocenters. The number of carboxylic acid groups (broad SMARTS) is 2. The van der Waals surface area contributed by atoms with Crippen molar-refractivity contribution in [3.63, 3.8) is 0 Å². The minimum atomic E-state index is -1.57. The molecule has 2 aromatic carbocycles. The zero-order valence-corrected chi connectivity index (χ0v) is 23.6. The van der Waals surface area contributed by atoms with Crippen molar-refractivity contribution >= 4 is 128 Å². The molecule has 0 saturated carbocycles. The minimum absolute atomic E-state index is 0. The Bertz CT molecular complexity index is 858. The largest absolute Gasteiger partial charge is 2.00 e. The second kappa shape index (κ2) is 12.2. The van der Waals surface area contributed by atoms with Gasteiger partial charge in [0.15, 0.2) is 0 Å². The van der Waals surface area contributed by atoms with Crippen LogP contribution in [-0.2, 0) is 19.5 Å². The van der Waals surface area contributed by atoms with Crippen LogP contribution in [0.15, 0.2) is 0 Å². The molecule has 0 aliphatic heterocycles. The van der Waals surface area contributed by atoms with Gasteiger partial charge >= 0.3 is 19.5 Å². The summed E-state index contributed by atoms with van der Waals surface area (Å²) in [6, 6.07) is 0. The van der Waals surface area contributed by atoms with Crippen LogP contribution < -0.4 is 10.2 Å². The van der Waals surface area contributed by atoms with Crippen LogP contribution in [0, 0.1) is 0 Å². The van der Waals surface area contributed by atoms with Crippen molar-refractivity contribution in [3.05, 3.63) is 61.4 Å². The van der Waals surface area contributed by atoms with Crippen LogP contribution in [0.25, 0.3) is 0 Å². The number of carbonyl (C=O) groups excluding carboxylic acids is 2. The zero-order valence-electron chi connectivity index (χ0n) is 13.1. The van der Waals surface area contributed by atoms with Crippen molar-refractivity contribution in [2.45, 2.75) is 0 Å². The summed E-state index contributed by atoms with van der Waals surface area (Å²) in [6.45, 7) is 0. The van der Waals surface area contributed by atoms with Gasteiger partial charge in [0.2, 0.25) is 0 Å². The fourth-order valence-electron chi connectivity index (χ4n) is 1.57. The summed E-state index contributed by atoms with van der Waals surface area (Å²) < 4.78 is 0. The number of aromatic carboxylic acids is 2. The Morgan fingerprint density at radius 3 is 0.690 bits per heavy atom. The van der Waals surface area contributed by atoms with E-state index in [0.29, 0.717) is 0 Å². The van der Waals surface area contributed by atoms with E-state index in [1.54, 1.807) is 0 Å². The van der Waals surface area contributed by atoms with Gasteiger partial charge in [0, 0.05) is 11.1 Å². The molecule has 0 bridgehead atoms. The monoisotopic (exact) mass is 646 g/mol. The summed E-state index contributed by atoms with van der Waals surface area (Å²) in [6.07, 6.45) is 0. The Labute approximate surface area is 226 Å². The molecule has 0 aromatic heterocycles. The van der Waals surface area contributed by atoms with Gasteiger partial charge in [-0.25, -0.2) is 0 Å². The van der Waals surface area contributed by atoms with Gasteiger partial charge in [-0.05, 0) is 0 Å². The fraction of sp³-hybridized carbons (Fsp3) is 0. The number of hydrogen-bond acceptors (Lipinski definition) is 4. The number of rotatable bonds is 2. The normalized spacial score (nSPS) is 10.0. The summed E-state index contributed by atoms with van der Waals surface area (Å²) in [5, 5.41) is 19.3. The maximum absolute atomic E-state index is 10.6. The van der Waals surface area contributed by atoms with E-state index in [0.717, 1.165) is 0 Å². The Hall–Kier alpha value is 0.903. The number of carbonyl (C=O) groups is 2. The molecule has 0 radical (unpaired) electrons. The Morgan fingerprint density at radius 1 is 0.414 bits per heavy atom. The molecule has 0 aliphatic carbocycles. The number of carboxylic acids is 2. The Kier molecular flexibility index (Phi) is 12.6. The van der Waals surface area contributed by atoms with Gasteiger partial charge in [-0.3, -0.25) is 0 Å². The van der Waals surface area contributed by atoms with Gasteiger partial charge in [-0.1, -0.05) is 116 Å². The summed E-state index contributed by atoms with van der Waals surface area (Å²) in [5.41, 5.74) is -0.930.